The van der Waals surface area contributed by atoms with E-state index in [4.69, 9.17) is 15.0 Å². The summed E-state index contributed by atoms with van der Waals surface area (Å²) in [7, 11) is 0. The fraction of sp³-hybridized carbons (Fsp3) is 0.133. The predicted octanol–water partition coefficient (Wildman–Crippen LogP) is 12.1. The van der Waals surface area contributed by atoms with Crippen LogP contribution in [0.2, 0.25) is 0 Å². The Morgan fingerprint density at radius 1 is 0.408 bits per heavy atom. The molecule has 1 saturated carbocycles. The molecule has 0 aliphatic heterocycles. The predicted molar refractivity (Wildman–Crippen MR) is 204 cm³/mol. The molecule has 0 amide bonds. The molecule has 10 rings (SSSR count). The molecule has 0 radical (unpaired) electrons. The van der Waals surface area contributed by atoms with E-state index in [9.17, 15) is 0 Å². The van der Waals surface area contributed by atoms with Crippen LogP contribution in [0.15, 0.2) is 140 Å². The van der Waals surface area contributed by atoms with Gasteiger partial charge >= 0.3 is 0 Å². The maximum Gasteiger partial charge on any atom is 0.164 e. The second-order valence-electron chi connectivity index (χ2n) is 13.5. The normalized spacial score (nSPS) is 14.7. The van der Waals surface area contributed by atoms with Crippen molar-refractivity contribution in [3.05, 3.63) is 151 Å². The summed E-state index contributed by atoms with van der Waals surface area (Å²) in [5.74, 6) is 2.04. The molecule has 2 aliphatic rings. The SMILES string of the molecule is c1ccc(-c2nc(-c3ccccc3)nc(-c3cccc(-c4ccc5c(c4)C4(CCCCC4)c4cc6c(cc4-5)sc4ccccc46)c3)n2)cc1. The first kappa shape index (κ1) is 28.6. The van der Waals surface area contributed by atoms with Gasteiger partial charge in [0.05, 0.1) is 0 Å². The Morgan fingerprint density at radius 2 is 1.00 bits per heavy atom. The van der Waals surface area contributed by atoms with E-state index in [1.54, 1.807) is 0 Å². The van der Waals surface area contributed by atoms with Crippen LogP contribution in [-0.2, 0) is 5.41 Å². The van der Waals surface area contributed by atoms with Crippen molar-refractivity contribution in [1.29, 1.82) is 0 Å². The Morgan fingerprint density at radius 3 is 1.73 bits per heavy atom. The summed E-state index contributed by atoms with van der Waals surface area (Å²) >= 11 is 1.92. The van der Waals surface area contributed by atoms with Gasteiger partial charge in [0.15, 0.2) is 17.5 Å². The highest BCUT2D eigenvalue weighted by Crippen LogP contribution is 2.58. The highest BCUT2D eigenvalue weighted by Gasteiger charge is 2.44. The van der Waals surface area contributed by atoms with Gasteiger partial charge in [-0.25, -0.2) is 15.0 Å². The maximum absolute atomic E-state index is 5.01. The molecular weight excluding hydrogens is 615 g/mol. The molecule has 2 heterocycles. The van der Waals surface area contributed by atoms with Crippen molar-refractivity contribution in [2.24, 2.45) is 0 Å². The Kier molecular flexibility index (Phi) is 6.60. The molecule has 1 fully saturated rings. The number of benzene rings is 6. The fourth-order valence-corrected chi connectivity index (χ4v) is 9.49. The van der Waals surface area contributed by atoms with E-state index in [0.717, 1.165) is 16.7 Å². The number of fused-ring (bicyclic) bond motifs is 8. The molecule has 3 nitrogen and oxygen atoms in total. The van der Waals surface area contributed by atoms with Crippen molar-refractivity contribution < 1.29 is 0 Å². The number of rotatable bonds is 4. The van der Waals surface area contributed by atoms with Crippen LogP contribution >= 0.6 is 11.3 Å². The first-order valence-corrected chi connectivity index (χ1v) is 18.1. The summed E-state index contributed by atoms with van der Waals surface area (Å²) in [4.78, 5) is 14.9. The van der Waals surface area contributed by atoms with E-state index in [1.807, 2.05) is 47.7 Å². The Balaban J connectivity index is 1.10. The Bertz CT molecular complexity index is 2470. The first-order valence-electron chi connectivity index (χ1n) is 17.3. The summed E-state index contributed by atoms with van der Waals surface area (Å²) < 4.78 is 2.76. The van der Waals surface area contributed by atoms with E-state index >= 15 is 0 Å². The van der Waals surface area contributed by atoms with Crippen LogP contribution in [-0.4, -0.2) is 15.0 Å². The second kappa shape index (κ2) is 11.3. The fourth-order valence-electron chi connectivity index (χ4n) is 8.36. The Hall–Kier alpha value is -5.45. The van der Waals surface area contributed by atoms with Crippen LogP contribution in [0.1, 0.15) is 43.2 Å². The monoisotopic (exact) mass is 647 g/mol. The lowest BCUT2D eigenvalue weighted by atomic mass is 9.67. The van der Waals surface area contributed by atoms with Gasteiger partial charge in [-0.1, -0.05) is 128 Å². The molecule has 2 aromatic heterocycles. The summed E-state index contributed by atoms with van der Waals surface area (Å²) in [5.41, 5.74) is 11.3. The molecular formula is C45H33N3S. The summed E-state index contributed by atoms with van der Waals surface area (Å²) in [6.45, 7) is 0. The van der Waals surface area contributed by atoms with Gasteiger partial charge in [0.25, 0.3) is 0 Å². The molecule has 0 unspecified atom stereocenters. The van der Waals surface area contributed by atoms with Crippen molar-refractivity contribution in [2.45, 2.75) is 37.5 Å². The minimum absolute atomic E-state index is 0.0666. The molecule has 0 saturated heterocycles. The smallest absolute Gasteiger partial charge is 0.164 e. The third kappa shape index (κ3) is 4.66. The minimum Gasteiger partial charge on any atom is -0.208 e. The van der Waals surface area contributed by atoms with Gasteiger partial charge in [-0.2, -0.15) is 0 Å². The lowest BCUT2D eigenvalue weighted by Gasteiger charge is -2.36. The lowest BCUT2D eigenvalue weighted by molar-refractivity contribution is 0.353. The maximum atomic E-state index is 5.01. The van der Waals surface area contributed by atoms with Crippen LogP contribution in [0.3, 0.4) is 0 Å². The lowest BCUT2D eigenvalue weighted by Crippen LogP contribution is -2.28. The summed E-state index contributed by atoms with van der Waals surface area (Å²) in [6, 6.07) is 50.2. The molecule has 0 N–H and O–H groups in total. The van der Waals surface area contributed by atoms with Gasteiger partial charge in [-0.15, -0.1) is 11.3 Å². The van der Waals surface area contributed by atoms with Crippen LogP contribution in [0.25, 0.3) is 76.6 Å². The van der Waals surface area contributed by atoms with Gasteiger partial charge in [0.2, 0.25) is 0 Å². The molecule has 1 spiro atoms. The Labute approximate surface area is 290 Å². The number of nitrogens with zero attached hydrogens (tertiary/aromatic N) is 3. The van der Waals surface area contributed by atoms with Crippen molar-refractivity contribution >= 4 is 31.5 Å². The van der Waals surface area contributed by atoms with Gasteiger partial charge in [0.1, 0.15) is 0 Å². The largest absolute Gasteiger partial charge is 0.208 e. The summed E-state index contributed by atoms with van der Waals surface area (Å²) in [5, 5.41) is 2.79. The molecule has 4 heteroatoms. The third-order valence-electron chi connectivity index (χ3n) is 10.7. The van der Waals surface area contributed by atoms with E-state index in [0.29, 0.717) is 17.5 Å². The van der Waals surface area contributed by atoms with E-state index in [1.165, 1.54) is 85.7 Å². The number of thiophene rings is 1. The summed E-state index contributed by atoms with van der Waals surface area (Å²) in [6.07, 6.45) is 6.28. The van der Waals surface area contributed by atoms with Gasteiger partial charge in [-0.3, -0.25) is 0 Å². The zero-order valence-electron chi connectivity index (χ0n) is 27.1. The number of hydrogen-bond acceptors (Lipinski definition) is 4. The van der Waals surface area contributed by atoms with Crippen molar-refractivity contribution in [3.8, 4) is 56.4 Å². The van der Waals surface area contributed by atoms with E-state index < -0.39 is 0 Å². The van der Waals surface area contributed by atoms with Crippen LogP contribution in [0.4, 0.5) is 0 Å². The van der Waals surface area contributed by atoms with Gasteiger partial charge in [0, 0.05) is 42.3 Å². The van der Waals surface area contributed by atoms with Crippen molar-refractivity contribution in [1.82, 2.24) is 15.0 Å². The molecule has 8 aromatic rings. The molecule has 0 atom stereocenters. The second-order valence-corrected chi connectivity index (χ2v) is 14.6. The average molecular weight is 648 g/mol. The standard InChI is InChI=1S/C45H33N3S/c1-4-13-29(14-5-1)42-46-43(30-15-6-2-7-16-30)48-44(47-42)33-18-12-17-31(25-33)32-21-22-34-36-28-41-37(35-19-8-9-20-40(35)49-41)27-39(36)45(38(34)26-32)23-10-3-11-24-45/h1-2,4-9,12-22,25-28H,3,10-11,23-24H2. The topological polar surface area (TPSA) is 38.7 Å². The minimum atomic E-state index is 0.0666. The van der Waals surface area contributed by atoms with Crippen molar-refractivity contribution in [2.75, 3.05) is 0 Å². The van der Waals surface area contributed by atoms with Crippen LogP contribution < -0.4 is 0 Å². The average Bonchev–Trinajstić information content (AvgIpc) is 3.67. The highest BCUT2D eigenvalue weighted by atomic mass is 32.1. The molecule has 0 bridgehead atoms. The van der Waals surface area contributed by atoms with Crippen LogP contribution in [0.5, 0.6) is 0 Å². The third-order valence-corrected chi connectivity index (χ3v) is 11.9. The van der Waals surface area contributed by atoms with Crippen molar-refractivity contribution in [3.63, 3.8) is 0 Å². The molecule has 234 valence electrons. The van der Waals surface area contributed by atoms with E-state index in [-0.39, 0.29) is 5.41 Å². The van der Waals surface area contributed by atoms with Crippen LogP contribution in [0, 0.1) is 0 Å². The molecule has 49 heavy (non-hydrogen) atoms. The zero-order valence-corrected chi connectivity index (χ0v) is 27.9. The number of hydrogen-bond donors (Lipinski definition) is 0. The van der Waals surface area contributed by atoms with Gasteiger partial charge < -0.3 is 0 Å². The zero-order chi connectivity index (χ0) is 32.4. The molecule has 6 aromatic carbocycles. The number of aromatic nitrogens is 3. The first-order chi connectivity index (χ1) is 24.2. The quantitative estimate of drug-likeness (QED) is 0.191. The van der Waals surface area contributed by atoms with Gasteiger partial charge in [-0.05, 0) is 76.6 Å². The molecule has 2 aliphatic carbocycles. The van der Waals surface area contributed by atoms with E-state index in [2.05, 4.69) is 103 Å². The highest BCUT2D eigenvalue weighted by molar-refractivity contribution is 7.25.